The number of benzene rings is 1. The number of anilines is 1. The van der Waals surface area contributed by atoms with Gasteiger partial charge in [0.2, 0.25) is 5.91 Å². The molecule has 4 aromatic rings. The highest BCUT2D eigenvalue weighted by Crippen LogP contribution is 2.37. The molecular weight excluding hydrogens is 410 g/mol. The number of primary amides is 1. The molecule has 0 radical (unpaired) electrons. The molecule has 0 aliphatic carbocycles. The van der Waals surface area contributed by atoms with Crippen molar-refractivity contribution < 1.29 is 9.53 Å². The Morgan fingerprint density at radius 2 is 2.06 bits per heavy atom. The van der Waals surface area contributed by atoms with Gasteiger partial charge in [0.1, 0.15) is 17.0 Å². The third-order valence-electron chi connectivity index (χ3n) is 5.57. The van der Waals surface area contributed by atoms with E-state index in [1.165, 1.54) is 0 Å². The van der Waals surface area contributed by atoms with Crippen LogP contribution in [0.25, 0.3) is 20.4 Å². The molecule has 0 saturated heterocycles. The lowest BCUT2D eigenvalue weighted by Crippen LogP contribution is -2.32. The van der Waals surface area contributed by atoms with Crippen LogP contribution in [0.2, 0.25) is 0 Å². The molecule has 1 aliphatic rings. The van der Waals surface area contributed by atoms with Crippen molar-refractivity contribution in [1.82, 2.24) is 15.0 Å². The van der Waals surface area contributed by atoms with Crippen molar-refractivity contribution in [2.45, 2.75) is 38.9 Å². The van der Waals surface area contributed by atoms with E-state index in [4.69, 9.17) is 15.5 Å². The van der Waals surface area contributed by atoms with Crippen LogP contribution < -0.4 is 11.1 Å². The number of ether oxygens (including phenoxy) is 1. The average Bonchev–Trinajstić information content (AvgIpc) is 3.10. The van der Waals surface area contributed by atoms with Crippen LogP contribution in [0.4, 0.5) is 5.82 Å². The van der Waals surface area contributed by atoms with E-state index in [0.717, 1.165) is 55.9 Å². The second-order valence-electron chi connectivity index (χ2n) is 8.41. The number of nitrogens with one attached hydrogen (secondary N) is 1. The summed E-state index contributed by atoms with van der Waals surface area (Å²) in [5.41, 5.74) is 9.92. The predicted molar refractivity (Wildman–Crippen MR) is 122 cm³/mol. The van der Waals surface area contributed by atoms with Crippen molar-refractivity contribution in [3.8, 4) is 0 Å². The van der Waals surface area contributed by atoms with Gasteiger partial charge in [-0.1, -0.05) is 12.1 Å². The van der Waals surface area contributed by atoms with Gasteiger partial charge >= 0.3 is 0 Å². The Labute approximate surface area is 183 Å². The fourth-order valence-electron chi connectivity index (χ4n) is 3.87. The highest BCUT2D eigenvalue weighted by molar-refractivity contribution is 7.25. The number of amides is 1. The lowest BCUT2D eigenvalue weighted by Gasteiger charge is -2.30. The van der Waals surface area contributed by atoms with E-state index in [9.17, 15) is 4.79 Å². The highest BCUT2D eigenvalue weighted by atomic mass is 32.1. The summed E-state index contributed by atoms with van der Waals surface area (Å²) in [4.78, 5) is 26.1. The molecule has 7 nitrogen and oxygen atoms in total. The van der Waals surface area contributed by atoms with Gasteiger partial charge in [0.25, 0.3) is 0 Å². The van der Waals surface area contributed by atoms with E-state index in [1.54, 1.807) is 29.8 Å². The van der Waals surface area contributed by atoms with Gasteiger partial charge in [-0.15, -0.1) is 11.3 Å². The molecule has 0 spiro atoms. The number of carbonyl (C=O) groups is 1. The number of nitrogens with zero attached hydrogens (tertiary/aromatic N) is 3. The number of hydrogen-bond acceptors (Lipinski definition) is 7. The maximum atomic E-state index is 11.2. The molecule has 0 bridgehead atoms. The quantitative estimate of drug-likeness (QED) is 0.496. The summed E-state index contributed by atoms with van der Waals surface area (Å²) in [6, 6.07) is 9.53. The van der Waals surface area contributed by atoms with Gasteiger partial charge in [0.05, 0.1) is 28.1 Å². The predicted octanol–water partition coefficient (Wildman–Crippen LogP) is 3.84. The number of hydrogen-bond donors (Lipinski definition) is 2. The number of carbonyl (C=O) groups excluding carboxylic acids is 1. The van der Waals surface area contributed by atoms with Gasteiger partial charge in [-0.2, -0.15) is 0 Å². The van der Waals surface area contributed by atoms with Gasteiger partial charge in [0.15, 0.2) is 0 Å². The Kier molecular flexibility index (Phi) is 4.83. The molecule has 0 unspecified atom stereocenters. The lowest BCUT2D eigenvalue weighted by atomic mass is 9.95. The van der Waals surface area contributed by atoms with Crippen molar-refractivity contribution in [1.29, 1.82) is 0 Å². The number of pyridine rings is 1. The van der Waals surface area contributed by atoms with Crippen LogP contribution in [-0.4, -0.2) is 33.0 Å². The standard InChI is InChI=1S/C23H23N5O2S/c1-23(2)10-17-15(11-30-23)9-16-18-19(31-22(16)28-17)21(27-12-26-18)25-8-7-13-3-5-14(6-4-13)20(24)29/h3-6,9,12H,7-8,10-11H2,1-2H3,(H2,24,29)(H,25,26,27). The van der Waals surface area contributed by atoms with E-state index in [0.29, 0.717) is 18.7 Å². The molecule has 0 atom stereocenters. The summed E-state index contributed by atoms with van der Waals surface area (Å²) in [7, 11) is 0. The van der Waals surface area contributed by atoms with Gasteiger partial charge < -0.3 is 15.8 Å². The second-order valence-corrected chi connectivity index (χ2v) is 9.41. The summed E-state index contributed by atoms with van der Waals surface area (Å²) < 4.78 is 6.97. The fourth-order valence-corrected chi connectivity index (χ4v) is 4.97. The summed E-state index contributed by atoms with van der Waals surface area (Å²) >= 11 is 1.62. The number of thiophene rings is 1. The molecule has 8 heteroatoms. The van der Waals surface area contributed by atoms with Crippen LogP contribution in [0, 0.1) is 0 Å². The summed E-state index contributed by atoms with van der Waals surface area (Å²) in [6.07, 6.45) is 3.20. The molecule has 0 fully saturated rings. The summed E-state index contributed by atoms with van der Waals surface area (Å²) in [6.45, 7) is 5.49. The van der Waals surface area contributed by atoms with E-state index >= 15 is 0 Å². The van der Waals surface area contributed by atoms with Crippen LogP contribution in [0.1, 0.15) is 41.0 Å². The Balaban J connectivity index is 1.40. The molecule has 5 rings (SSSR count). The molecule has 31 heavy (non-hydrogen) atoms. The summed E-state index contributed by atoms with van der Waals surface area (Å²) in [5, 5.41) is 4.48. The molecule has 3 aromatic heterocycles. The van der Waals surface area contributed by atoms with E-state index < -0.39 is 5.91 Å². The Morgan fingerprint density at radius 1 is 1.26 bits per heavy atom. The first-order valence-electron chi connectivity index (χ1n) is 10.2. The highest BCUT2D eigenvalue weighted by Gasteiger charge is 2.28. The smallest absolute Gasteiger partial charge is 0.248 e. The summed E-state index contributed by atoms with van der Waals surface area (Å²) in [5.74, 6) is 0.402. The minimum atomic E-state index is -0.414. The molecule has 158 valence electrons. The van der Waals surface area contributed by atoms with Crippen molar-refractivity contribution in [2.75, 3.05) is 11.9 Å². The first kappa shape index (κ1) is 19.8. The van der Waals surface area contributed by atoms with E-state index in [-0.39, 0.29) is 5.60 Å². The topological polar surface area (TPSA) is 103 Å². The number of rotatable bonds is 5. The van der Waals surface area contributed by atoms with Crippen LogP contribution in [0.15, 0.2) is 36.7 Å². The van der Waals surface area contributed by atoms with Crippen LogP contribution >= 0.6 is 11.3 Å². The molecule has 0 saturated carbocycles. The fraction of sp³-hybridized carbons (Fsp3) is 0.304. The molecule has 1 aromatic carbocycles. The van der Waals surface area contributed by atoms with E-state index in [1.807, 2.05) is 12.1 Å². The van der Waals surface area contributed by atoms with Crippen molar-refractivity contribution in [3.63, 3.8) is 0 Å². The SMILES string of the molecule is CC1(C)Cc2nc3sc4c(NCCc5ccc(C(N)=O)cc5)ncnc4c3cc2CO1. The van der Waals surface area contributed by atoms with Gasteiger partial charge in [-0.05, 0) is 44.0 Å². The first-order chi connectivity index (χ1) is 14.9. The minimum Gasteiger partial charge on any atom is -0.370 e. The van der Waals surface area contributed by atoms with Gasteiger partial charge in [-0.3, -0.25) is 4.79 Å². The van der Waals surface area contributed by atoms with Crippen molar-refractivity contribution >= 4 is 43.5 Å². The van der Waals surface area contributed by atoms with Crippen molar-refractivity contribution in [2.24, 2.45) is 5.73 Å². The second kappa shape index (κ2) is 7.55. The zero-order valence-corrected chi connectivity index (χ0v) is 18.3. The number of fused-ring (bicyclic) bond motifs is 4. The Bertz CT molecular complexity index is 1300. The average molecular weight is 434 g/mol. The van der Waals surface area contributed by atoms with Crippen LogP contribution in [0.5, 0.6) is 0 Å². The lowest BCUT2D eigenvalue weighted by molar-refractivity contribution is -0.0411. The molecule has 4 heterocycles. The largest absolute Gasteiger partial charge is 0.370 e. The van der Waals surface area contributed by atoms with Crippen molar-refractivity contribution in [3.05, 3.63) is 59.0 Å². The van der Waals surface area contributed by atoms with Gasteiger partial charge in [0, 0.05) is 29.5 Å². The monoisotopic (exact) mass is 433 g/mol. The van der Waals surface area contributed by atoms with Gasteiger partial charge in [-0.25, -0.2) is 15.0 Å². The maximum Gasteiger partial charge on any atom is 0.248 e. The number of aromatic nitrogens is 3. The first-order valence-corrected chi connectivity index (χ1v) is 11.0. The molecule has 1 aliphatic heterocycles. The maximum absolute atomic E-state index is 11.2. The normalized spacial score (nSPS) is 15.2. The minimum absolute atomic E-state index is 0.188. The molecular formula is C23H23N5O2S. The third kappa shape index (κ3) is 3.84. The zero-order valence-electron chi connectivity index (χ0n) is 17.4. The van der Waals surface area contributed by atoms with E-state index in [2.05, 4.69) is 35.2 Å². The zero-order chi connectivity index (χ0) is 21.6. The van der Waals surface area contributed by atoms with Crippen LogP contribution in [-0.2, 0) is 24.2 Å². The Morgan fingerprint density at radius 3 is 2.84 bits per heavy atom. The number of nitrogens with two attached hydrogens (primary N) is 1. The Hall–Kier alpha value is -3.10. The molecule has 1 amide bonds. The molecule has 3 N–H and O–H groups in total. The van der Waals surface area contributed by atoms with Crippen LogP contribution in [0.3, 0.4) is 0 Å². The third-order valence-corrected chi connectivity index (χ3v) is 6.67.